The molecule has 2 rings (SSSR count). The van der Waals surface area contributed by atoms with Crippen molar-refractivity contribution in [1.29, 1.82) is 0 Å². The summed E-state index contributed by atoms with van der Waals surface area (Å²) in [6.45, 7) is 11.9. The molecular weight excluding hydrogens is 436 g/mol. The number of nitrogens with zero attached hydrogens (tertiary/aromatic N) is 6. The normalized spacial score (nSPS) is 11.8. The number of esters is 1. The number of carbonyl (C=O) groups is 2. The van der Waals surface area contributed by atoms with Crippen LogP contribution in [0.25, 0.3) is 0 Å². The van der Waals surface area contributed by atoms with E-state index in [4.69, 9.17) is 10.5 Å². The SMILES string of the molecule is CCC[n+]1ccn(CCCNC(C)=O)c1N=Nc1cnn(CCCCC(=O)OC(C)(C)C)c1N. The van der Waals surface area contributed by atoms with Gasteiger partial charge in [-0.15, -0.1) is 0 Å². The summed E-state index contributed by atoms with van der Waals surface area (Å²) >= 11 is 0. The van der Waals surface area contributed by atoms with Gasteiger partial charge in [0.15, 0.2) is 11.5 Å². The van der Waals surface area contributed by atoms with Gasteiger partial charge in [-0.25, -0.2) is 13.8 Å². The standard InChI is InChI=1S/C23H38N8O3/c1-6-12-29-15-16-30(13-9-11-25-18(2)32)22(29)28-27-19-17-26-31(21(19)24)14-8-7-10-20(33)34-23(3,4)5/h15-17,24H,6-14H2,1-5H3,(H,25,32)/p+1. The summed E-state index contributed by atoms with van der Waals surface area (Å²) in [5.41, 5.74) is 6.26. The molecule has 188 valence electrons. The maximum absolute atomic E-state index is 11.8. The Kier molecular flexibility index (Phi) is 10.2. The number of azo groups is 1. The Morgan fingerprint density at radius 1 is 1.21 bits per heavy atom. The van der Waals surface area contributed by atoms with Gasteiger partial charge in [0.05, 0.1) is 31.7 Å². The number of nitrogen functional groups attached to an aromatic ring is 1. The van der Waals surface area contributed by atoms with Crippen LogP contribution >= 0.6 is 0 Å². The Balaban J connectivity index is 1.97. The van der Waals surface area contributed by atoms with Crippen LogP contribution in [0.3, 0.4) is 0 Å². The maximum Gasteiger partial charge on any atom is 0.421 e. The number of hydrogen-bond donors (Lipinski definition) is 2. The van der Waals surface area contributed by atoms with Crippen molar-refractivity contribution in [2.45, 2.75) is 92.0 Å². The lowest BCUT2D eigenvalue weighted by atomic mass is 10.2. The lowest BCUT2D eigenvalue weighted by Gasteiger charge is -2.19. The van der Waals surface area contributed by atoms with Crippen LogP contribution in [0.1, 0.15) is 66.7 Å². The average Bonchev–Trinajstić information content (AvgIpc) is 3.29. The summed E-state index contributed by atoms with van der Waals surface area (Å²) in [5, 5.41) is 15.9. The zero-order valence-electron chi connectivity index (χ0n) is 21.1. The highest BCUT2D eigenvalue weighted by Gasteiger charge is 2.18. The van der Waals surface area contributed by atoms with E-state index in [0.717, 1.165) is 25.8 Å². The van der Waals surface area contributed by atoms with Gasteiger partial charge in [-0.2, -0.15) is 5.10 Å². The molecule has 0 atom stereocenters. The predicted octanol–water partition coefficient (Wildman–Crippen LogP) is 3.42. The second-order valence-electron chi connectivity index (χ2n) is 9.20. The number of ether oxygens (including phenoxy) is 1. The van der Waals surface area contributed by atoms with Gasteiger partial charge in [-0.05, 0) is 46.5 Å². The number of nitrogens with one attached hydrogen (secondary N) is 1. The number of amides is 1. The van der Waals surface area contributed by atoms with Gasteiger partial charge < -0.3 is 15.8 Å². The molecule has 3 N–H and O–H groups in total. The molecule has 2 aromatic rings. The third-order valence-electron chi connectivity index (χ3n) is 4.88. The van der Waals surface area contributed by atoms with Crippen LogP contribution in [-0.4, -0.2) is 38.4 Å². The highest BCUT2D eigenvalue weighted by atomic mass is 16.6. The quantitative estimate of drug-likeness (QED) is 0.198. The van der Waals surface area contributed by atoms with Gasteiger partial charge in [0.25, 0.3) is 0 Å². The fraction of sp³-hybridized carbons (Fsp3) is 0.652. The van der Waals surface area contributed by atoms with E-state index >= 15 is 0 Å². The number of nitrogens with two attached hydrogens (primary N) is 1. The smallest absolute Gasteiger partial charge is 0.421 e. The predicted molar refractivity (Wildman–Crippen MR) is 129 cm³/mol. The first-order valence-corrected chi connectivity index (χ1v) is 11.9. The van der Waals surface area contributed by atoms with E-state index in [0.29, 0.717) is 49.9 Å². The van der Waals surface area contributed by atoms with E-state index in [2.05, 4.69) is 27.6 Å². The summed E-state index contributed by atoms with van der Waals surface area (Å²) in [5.74, 6) is 0.919. The molecule has 0 saturated heterocycles. The first-order valence-electron chi connectivity index (χ1n) is 11.9. The number of unbranched alkanes of at least 4 members (excludes halogenated alkanes) is 1. The van der Waals surface area contributed by atoms with Crippen molar-refractivity contribution in [2.24, 2.45) is 10.2 Å². The summed E-state index contributed by atoms with van der Waals surface area (Å²) in [4.78, 5) is 22.9. The topological polar surface area (TPSA) is 133 Å². The molecule has 0 aliphatic heterocycles. The number of hydrogen-bond acceptors (Lipinski definition) is 7. The van der Waals surface area contributed by atoms with Crippen LogP contribution in [0.4, 0.5) is 17.5 Å². The minimum Gasteiger partial charge on any atom is -0.460 e. The minimum atomic E-state index is -0.468. The van der Waals surface area contributed by atoms with Crippen molar-refractivity contribution in [2.75, 3.05) is 12.3 Å². The number of aromatic nitrogens is 4. The lowest BCUT2D eigenvalue weighted by molar-refractivity contribution is -0.683. The van der Waals surface area contributed by atoms with Crippen LogP contribution in [0.2, 0.25) is 0 Å². The molecule has 0 aromatic carbocycles. The molecule has 2 heterocycles. The molecular formula is C23H39N8O3+. The fourth-order valence-electron chi connectivity index (χ4n) is 3.34. The van der Waals surface area contributed by atoms with Crippen molar-refractivity contribution in [3.05, 3.63) is 18.6 Å². The lowest BCUT2D eigenvalue weighted by Crippen LogP contribution is -2.31. The molecule has 2 aromatic heterocycles. The Morgan fingerprint density at radius 2 is 1.97 bits per heavy atom. The van der Waals surface area contributed by atoms with Crippen LogP contribution in [0, 0.1) is 0 Å². The first-order chi connectivity index (χ1) is 16.1. The molecule has 11 heteroatoms. The summed E-state index contributed by atoms with van der Waals surface area (Å²) in [7, 11) is 0. The van der Waals surface area contributed by atoms with Gasteiger partial charge in [0.2, 0.25) is 5.91 Å². The number of aryl methyl sites for hydroxylation is 3. The van der Waals surface area contributed by atoms with E-state index in [-0.39, 0.29) is 11.9 Å². The molecule has 0 radical (unpaired) electrons. The molecule has 11 nitrogen and oxygen atoms in total. The molecule has 0 unspecified atom stereocenters. The number of carbonyl (C=O) groups excluding carboxylic acids is 2. The van der Waals surface area contributed by atoms with Gasteiger partial charge in [-0.1, -0.05) is 12.0 Å². The Hall–Kier alpha value is -3.24. The Morgan fingerprint density at radius 3 is 2.65 bits per heavy atom. The summed E-state index contributed by atoms with van der Waals surface area (Å²) in [6.07, 6.45) is 9.09. The highest BCUT2D eigenvalue weighted by Crippen LogP contribution is 2.24. The third-order valence-corrected chi connectivity index (χ3v) is 4.88. The molecule has 0 aliphatic carbocycles. The summed E-state index contributed by atoms with van der Waals surface area (Å²) < 4.78 is 11.1. The molecule has 0 fully saturated rings. The van der Waals surface area contributed by atoms with Crippen molar-refractivity contribution in [3.8, 4) is 0 Å². The number of imidazole rings is 1. The molecule has 0 bridgehead atoms. The van der Waals surface area contributed by atoms with Crippen molar-refractivity contribution < 1.29 is 18.9 Å². The van der Waals surface area contributed by atoms with Gasteiger partial charge >= 0.3 is 11.9 Å². The monoisotopic (exact) mass is 475 g/mol. The Labute approximate surface area is 201 Å². The van der Waals surface area contributed by atoms with Gasteiger partial charge in [-0.3, -0.25) is 9.59 Å². The molecule has 1 amide bonds. The number of anilines is 1. The van der Waals surface area contributed by atoms with E-state index in [9.17, 15) is 9.59 Å². The van der Waals surface area contributed by atoms with Crippen LogP contribution < -0.4 is 15.6 Å². The second kappa shape index (κ2) is 12.9. The third kappa shape index (κ3) is 8.95. The van der Waals surface area contributed by atoms with Crippen molar-refractivity contribution >= 4 is 29.3 Å². The average molecular weight is 476 g/mol. The molecule has 34 heavy (non-hydrogen) atoms. The van der Waals surface area contributed by atoms with E-state index in [1.165, 1.54) is 6.92 Å². The van der Waals surface area contributed by atoms with E-state index in [1.807, 2.05) is 42.3 Å². The van der Waals surface area contributed by atoms with Gasteiger partial charge in [0, 0.05) is 31.5 Å². The van der Waals surface area contributed by atoms with Crippen molar-refractivity contribution in [1.82, 2.24) is 19.7 Å². The second-order valence-corrected chi connectivity index (χ2v) is 9.20. The highest BCUT2D eigenvalue weighted by molar-refractivity contribution is 5.72. The Bertz CT molecular complexity index is 972. The van der Waals surface area contributed by atoms with Crippen LogP contribution in [0.15, 0.2) is 28.8 Å². The van der Waals surface area contributed by atoms with E-state index in [1.54, 1.807) is 10.9 Å². The zero-order valence-corrected chi connectivity index (χ0v) is 21.1. The van der Waals surface area contributed by atoms with Crippen molar-refractivity contribution in [3.63, 3.8) is 0 Å². The molecule has 0 spiro atoms. The first kappa shape index (κ1) is 27.0. The zero-order chi connectivity index (χ0) is 25.1. The summed E-state index contributed by atoms with van der Waals surface area (Å²) in [6, 6.07) is 0. The number of rotatable bonds is 13. The van der Waals surface area contributed by atoms with E-state index < -0.39 is 5.60 Å². The van der Waals surface area contributed by atoms with Gasteiger partial charge in [0.1, 0.15) is 5.60 Å². The fourth-order valence-corrected chi connectivity index (χ4v) is 3.34. The molecule has 0 saturated carbocycles. The maximum atomic E-state index is 11.8. The van der Waals surface area contributed by atoms with Crippen LogP contribution in [0.5, 0.6) is 0 Å². The largest absolute Gasteiger partial charge is 0.460 e. The minimum absolute atomic E-state index is 0.0363. The van der Waals surface area contributed by atoms with Crippen LogP contribution in [-0.2, 0) is 34.0 Å². The molecule has 0 aliphatic rings.